The van der Waals surface area contributed by atoms with Gasteiger partial charge in [0.2, 0.25) is 4.87 Å². The maximum absolute atomic E-state index is 13.2. The molecule has 2 aromatic carbocycles. The highest BCUT2D eigenvalue weighted by Crippen LogP contribution is 2.43. The zero-order valence-corrected chi connectivity index (χ0v) is 17.0. The van der Waals surface area contributed by atoms with Crippen LogP contribution in [0.1, 0.15) is 22.3 Å². The van der Waals surface area contributed by atoms with Gasteiger partial charge in [0.25, 0.3) is 11.8 Å². The van der Waals surface area contributed by atoms with Crippen molar-refractivity contribution in [1.29, 1.82) is 0 Å². The van der Waals surface area contributed by atoms with Crippen molar-refractivity contribution in [1.82, 2.24) is 10.0 Å². The second-order valence-electron chi connectivity index (χ2n) is 7.48. The number of benzene rings is 2. The third-order valence-corrected chi connectivity index (χ3v) is 6.08. The number of ether oxygens (including phenoxy) is 1. The molecule has 4 rings (SSSR count). The van der Waals surface area contributed by atoms with Crippen molar-refractivity contribution in [3.8, 4) is 11.1 Å². The topological polar surface area (TPSA) is 49.9 Å². The lowest BCUT2D eigenvalue weighted by Crippen LogP contribution is -2.41. The Morgan fingerprint density at radius 2 is 1.46 bits per heavy atom. The van der Waals surface area contributed by atoms with Crippen LogP contribution in [0.4, 0.5) is 0 Å². The smallest absolute Gasteiger partial charge is 0.276 e. The molecule has 2 aromatic rings. The average Bonchev–Trinajstić information content (AvgIpc) is 2.85. The molecule has 0 aliphatic carbocycles. The van der Waals surface area contributed by atoms with E-state index in [1.807, 2.05) is 57.2 Å². The van der Waals surface area contributed by atoms with Gasteiger partial charge in [-0.05, 0) is 54.7 Å². The third kappa shape index (κ3) is 2.81. The average molecular weight is 399 g/mol. The van der Waals surface area contributed by atoms with E-state index in [1.165, 1.54) is 15.6 Å². The van der Waals surface area contributed by atoms with Crippen LogP contribution >= 0.6 is 11.6 Å². The van der Waals surface area contributed by atoms with Crippen LogP contribution in [0.5, 0.6) is 0 Å². The largest absolute Gasteiger partial charge is 0.378 e. The molecule has 2 fully saturated rings. The molecular weight excluding hydrogens is 376 g/mol. The summed E-state index contributed by atoms with van der Waals surface area (Å²) in [4.78, 5) is 24.7. The van der Waals surface area contributed by atoms with Gasteiger partial charge in [-0.25, -0.2) is 10.0 Å². The molecule has 0 spiro atoms. The molecule has 0 radical (unpaired) electrons. The third-order valence-electron chi connectivity index (χ3n) is 5.55. The van der Waals surface area contributed by atoms with Gasteiger partial charge in [-0.15, -0.1) is 0 Å². The molecule has 0 N–H and O–H groups in total. The Kier molecular flexibility index (Phi) is 4.68. The molecule has 0 bridgehead atoms. The molecular formula is C22H23ClN2O3. The zero-order valence-electron chi connectivity index (χ0n) is 16.3. The van der Waals surface area contributed by atoms with E-state index in [0.717, 1.165) is 22.3 Å². The van der Waals surface area contributed by atoms with Gasteiger partial charge in [-0.3, -0.25) is 9.59 Å². The lowest BCUT2D eigenvalue weighted by Gasteiger charge is -2.23. The first-order chi connectivity index (χ1) is 13.3. The summed E-state index contributed by atoms with van der Waals surface area (Å²) in [5.74, 6) is -0.794. The van der Waals surface area contributed by atoms with Gasteiger partial charge in [0.05, 0.1) is 26.3 Å². The van der Waals surface area contributed by atoms with E-state index in [-0.39, 0.29) is 0 Å². The number of hydrogen-bond acceptors (Lipinski definition) is 3. The number of amides is 2. The second-order valence-corrected chi connectivity index (χ2v) is 8.04. The highest BCUT2D eigenvalue weighted by Gasteiger charge is 2.59. The van der Waals surface area contributed by atoms with Crippen molar-refractivity contribution in [2.45, 2.75) is 25.6 Å². The molecule has 0 aromatic heterocycles. The van der Waals surface area contributed by atoms with Crippen LogP contribution in [-0.4, -0.2) is 48.1 Å². The van der Waals surface area contributed by atoms with E-state index in [2.05, 4.69) is 0 Å². The van der Waals surface area contributed by atoms with Crippen LogP contribution in [-0.2, 0) is 19.2 Å². The van der Waals surface area contributed by atoms with Crippen LogP contribution in [0.15, 0.2) is 36.4 Å². The molecule has 0 unspecified atom stereocenters. The minimum Gasteiger partial charge on any atom is -0.378 e. The molecule has 2 amide bonds. The van der Waals surface area contributed by atoms with Gasteiger partial charge >= 0.3 is 0 Å². The summed E-state index contributed by atoms with van der Waals surface area (Å²) in [5.41, 5.74) is 5.64. The molecule has 2 saturated heterocycles. The summed E-state index contributed by atoms with van der Waals surface area (Å²) in [6.07, 6.45) is 0. The number of hydrazine groups is 1. The number of alkyl halides is 1. The Morgan fingerprint density at radius 3 is 2.04 bits per heavy atom. The van der Waals surface area contributed by atoms with Crippen LogP contribution in [0.2, 0.25) is 0 Å². The maximum atomic E-state index is 13.2. The lowest BCUT2D eigenvalue weighted by atomic mass is 9.87. The normalized spacial score (nSPS) is 19.0. The fourth-order valence-electron chi connectivity index (χ4n) is 4.01. The van der Waals surface area contributed by atoms with Gasteiger partial charge in [0.1, 0.15) is 0 Å². The van der Waals surface area contributed by atoms with E-state index in [1.54, 1.807) is 0 Å². The molecule has 146 valence electrons. The second kappa shape index (κ2) is 6.90. The summed E-state index contributed by atoms with van der Waals surface area (Å²) < 4.78 is 5.40. The first-order valence-corrected chi connectivity index (χ1v) is 9.81. The van der Waals surface area contributed by atoms with Crippen LogP contribution < -0.4 is 0 Å². The Balaban J connectivity index is 1.84. The SMILES string of the molecule is Cc1ccc(-c2cc(C3(Cl)C(=O)N4CCOCCN4C3=O)c(C)cc2C)cc1. The van der Waals surface area contributed by atoms with Crippen molar-refractivity contribution in [2.75, 3.05) is 26.3 Å². The lowest BCUT2D eigenvalue weighted by molar-refractivity contribution is -0.145. The summed E-state index contributed by atoms with van der Waals surface area (Å²) in [5, 5.41) is 2.88. The fraction of sp³-hybridized carbons (Fsp3) is 0.364. The monoisotopic (exact) mass is 398 g/mol. The number of halogens is 1. The van der Waals surface area contributed by atoms with Crippen LogP contribution in [0.3, 0.4) is 0 Å². The predicted octanol–water partition coefficient (Wildman–Crippen LogP) is 3.33. The fourth-order valence-corrected chi connectivity index (χ4v) is 4.41. The molecule has 2 aliphatic rings. The van der Waals surface area contributed by atoms with E-state index >= 15 is 0 Å². The first kappa shape index (κ1) is 19.0. The number of aryl methyl sites for hydroxylation is 3. The van der Waals surface area contributed by atoms with Crippen LogP contribution in [0.25, 0.3) is 11.1 Å². The summed E-state index contributed by atoms with van der Waals surface area (Å²) in [7, 11) is 0. The van der Waals surface area contributed by atoms with Crippen LogP contribution in [0, 0.1) is 20.8 Å². The van der Waals surface area contributed by atoms with Crippen molar-refractivity contribution >= 4 is 23.4 Å². The standard InChI is InChI=1S/C22H23ClN2O3/c1-14-4-6-17(7-5-14)18-13-19(16(3)12-15(18)2)22(23)20(26)24-8-10-28-11-9-25(24)21(22)27/h4-7,12-13H,8-11H2,1-3H3. The van der Waals surface area contributed by atoms with Crippen molar-refractivity contribution in [3.05, 3.63) is 58.7 Å². The Labute approximate surface area is 169 Å². The van der Waals surface area contributed by atoms with Gasteiger partial charge in [-0.1, -0.05) is 47.5 Å². The van der Waals surface area contributed by atoms with E-state index in [9.17, 15) is 9.59 Å². The molecule has 28 heavy (non-hydrogen) atoms. The number of rotatable bonds is 2. The van der Waals surface area contributed by atoms with Gasteiger partial charge in [-0.2, -0.15) is 0 Å². The van der Waals surface area contributed by atoms with Crippen molar-refractivity contribution < 1.29 is 14.3 Å². The molecule has 0 atom stereocenters. The molecule has 6 heteroatoms. The minimum atomic E-state index is -1.73. The van der Waals surface area contributed by atoms with Crippen molar-refractivity contribution in [3.63, 3.8) is 0 Å². The van der Waals surface area contributed by atoms with Gasteiger partial charge in [0, 0.05) is 0 Å². The Bertz CT molecular complexity index is 931. The Hall–Kier alpha value is -2.37. The highest BCUT2D eigenvalue weighted by atomic mass is 35.5. The van der Waals surface area contributed by atoms with E-state index in [4.69, 9.17) is 16.3 Å². The minimum absolute atomic E-state index is 0.328. The number of hydrogen-bond donors (Lipinski definition) is 0. The van der Waals surface area contributed by atoms with E-state index in [0.29, 0.717) is 31.9 Å². The number of carbonyl (C=O) groups is 2. The highest BCUT2D eigenvalue weighted by molar-refractivity contribution is 6.47. The number of nitrogens with zero attached hydrogens (tertiary/aromatic N) is 2. The quantitative estimate of drug-likeness (QED) is 0.576. The van der Waals surface area contributed by atoms with Gasteiger partial charge in [0.15, 0.2) is 0 Å². The summed E-state index contributed by atoms with van der Waals surface area (Å²) in [6, 6.07) is 12.1. The number of fused-ring (bicyclic) bond motifs is 1. The zero-order chi connectivity index (χ0) is 20.1. The first-order valence-electron chi connectivity index (χ1n) is 9.43. The molecule has 2 heterocycles. The predicted molar refractivity (Wildman–Crippen MR) is 108 cm³/mol. The summed E-state index contributed by atoms with van der Waals surface area (Å²) in [6.45, 7) is 7.41. The molecule has 0 saturated carbocycles. The molecule has 5 nitrogen and oxygen atoms in total. The maximum Gasteiger partial charge on any atom is 0.276 e. The Morgan fingerprint density at radius 1 is 0.893 bits per heavy atom. The van der Waals surface area contributed by atoms with E-state index < -0.39 is 16.7 Å². The van der Waals surface area contributed by atoms with Gasteiger partial charge < -0.3 is 4.74 Å². The summed E-state index contributed by atoms with van der Waals surface area (Å²) >= 11 is 6.84. The molecule has 2 aliphatic heterocycles. The van der Waals surface area contributed by atoms with Crippen molar-refractivity contribution in [2.24, 2.45) is 0 Å². The number of carbonyl (C=O) groups excluding carboxylic acids is 2.